The van der Waals surface area contributed by atoms with Crippen molar-refractivity contribution in [2.75, 3.05) is 26.0 Å². The molecule has 0 spiro atoms. The zero-order valence-corrected chi connectivity index (χ0v) is 11.3. The zero-order chi connectivity index (χ0) is 11.8. The van der Waals surface area contributed by atoms with Crippen molar-refractivity contribution in [1.82, 2.24) is 5.32 Å². The van der Waals surface area contributed by atoms with Gasteiger partial charge in [0.25, 0.3) is 0 Å². The van der Waals surface area contributed by atoms with Gasteiger partial charge in [0.05, 0.1) is 6.61 Å². The predicted octanol–water partition coefficient (Wildman–Crippen LogP) is 3.19. The summed E-state index contributed by atoms with van der Waals surface area (Å²) in [5.41, 5.74) is 1.26. The molecule has 0 saturated heterocycles. The van der Waals surface area contributed by atoms with Crippen molar-refractivity contribution in [1.29, 1.82) is 0 Å². The molecule has 0 fully saturated rings. The first-order valence-electron chi connectivity index (χ1n) is 5.38. The number of methoxy groups -OCH3 is 1. The second kappa shape index (κ2) is 7.96. The van der Waals surface area contributed by atoms with Crippen molar-refractivity contribution in [2.24, 2.45) is 0 Å². The highest BCUT2D eigenvalue weighted by atomic mass is 35.5. The van der Waals surface area contributed by atoms with Crippen LogP contribution in [0, 0.1) is 0 Å². The Bertz CT molecular complexity index is 320. The van der Waals surface area contributed by atoms with Crippen LogP contribution in [-0.4, -0.2) is 26.0 Å². The normalized spacial score (nSPS) is 10.7. The van der Waals surface area contributed by atoms with Crippen LogP contribution >= 0.6 is 23.4 Å². The van der Waals surface area contributed by atoms with Crippen LogP contribution in [0.2, 0.25) is 5.02 Å². The van der Waals surface area contributed by atoms with Crippen molar-refractivity contribution < 1.29 is 4.74 Å². The van der Waals surface area contributed by atoms with Gasteiger partial charge in [0.1, 0.15) is 0 Å². The third-order valence-corrected chi connectivity index (χ3v) is 3.35. The van der Waals surface area contributed by atoms with Crippen LogP contribution in [-0.2, 0) is 11.3 Å². The molecule has 0 saturated carbocycles. The molecule has 1 aromatic carbocycles. The van der Waals surface area contributed by atoms with E-state index in [0.717, 1.165) is 30.5 Å². The molecule has 0 atom stereocenters. The van der Waals surface area contributed by atoms with Gasteiger partial charge >= 0.3 is 0 Å². The number of hydrogen-bond donors (Lipinski definition) is 1. The Morgan fingerprint density at radius 1 is 1.44 bits per heavy atom. The van der Waals surface area contributed by atoms with Gasteiger partial charge in [-0.25, -0.2) is 0 Å². The number of ether oxygens (including phenoxy) is 1. The van der Waals surface area contributed by atoms with E-state index in [-0.39, 0.29) is 0 Å². The molecular formula is C12H18ClNOS. The second-order valence-corrected chi connectivity index (χ2v) is 5.10. The van der Waals surface area contributed by atoms with Crippen LogP contribution < -0.4 is 5.32 Å². The number of nitrogens with one attached hydrogen (secondary N) is 1. The number of halogens is 1. The highest BCUT2D eigenvalue weighted by Gasteiger charge is 2.03. The first kappa shape index (κ1) is 13.8. The molecule has 4 heteroatoms. The van der Waals surface area contributed by atoms with Crippen LogP contribution in [0.15, 0.2) is 23.1 Å². The van der Waals surface area contributed by atoms with E-state index in [0.29, 0.717) is 0 Å². The second-order valence-electron chi connectivity index (χ2n) is 3.35. The average Bonchev–Trinajstić information content (AvgIpc) is 2.28. The van der Waals surface area contributed by atoms with E-state index in [1.807, 2.05) is 23.9 Å². The molecule has 0 unspecified atom stereocenters. The minimum absolute atomic E-state index is 0.733. The quantitative estimate of drug-likeness (QED) is 0.600. The molecule has 1 rings (SSSR count). The van der Waals surface area contributed by atoms with E-state index in [4.69, 9.17) is 16.3 Å². The molecule has 16 heavy (non-hydrogen) atoms. The Balaban J connectivity index is 2.57. The van der Waals surface area contributed by atoms with E-state index in [1.165, 1.54) is 10.5 Å². The van der Waals surface area contributed by atoms with Crippen molar-refractivity contribution in [3.05, 3.63) is 28.8 Å². The molecule has 0 aromatic heterocycles. The molecule has 2 nitrogen and oxygen atoms in total. The third-order valence-electron chi connectivity index (χ3n) is 2.12. The summed E-state index contributed by atoms with van der Waals surface area (Å²) in [6, 6.07) is 6.06. The fourth-order valence-electron chi connectivity index (χ4n) is 1.38. The van der Waals surface area contributed by atoms with Gasteiger partial charge in [-0.15, -0.1) is 11.8 Å². The lowest BCUT2D eigenvalue weighted by atomic mass is 10.2. The van der Waals surface area contributed by atoms with Crippen LogP contribution in [0.4, 0.5) is 0 Å². The molecule has 0 heterocycles. The van der Waals surface area contributed by atoms with Crippen LogP contribution in [0.1, 0.15) is 12.5 Å². The summed E-state index contributed by atoms with van der Waals surface area (Å²) >= 11 is 7.84. The number of thioether (sulfide) groups is 1. The Kier molecular flexibility index (Phi) is 6.88. The van der Waals surface area contributed by atoms with Gasteiger partial charge in [0.15, 0.2) is 0 Å². The highest BCUT2D eigenvalue weighted by Crippen LogP contribution is 2.25. The topological polar surface area (TPSA) is 21.3 Å². The maximum atomic E-state index is 6.00. The summed E-state index contributed by atoms with van der Waals surface area (Å²) in [7, 11) is 1.71. The lowest BCUT2D eigenvalue weighted by Crippen LogP contribution is -2.18. The molecule has 0 radical (unpaired) electrons. The lowest BCUT2D eigenvalue weighted by Gasteiger charge is -2.10. The van der Waals surface area contributed by atoms with Gasteiger partial charge in [-0.05, 0) is 29.5 Å². The molecule has 0 amide bonds. The summed E-state index contributed by atoms with van der Waals surface area (Å²) in [4.78, 5) is 1.30. The summed E-state index contributed by atoms with van der Waals surface area (Å²) in [5.74, 6) is 1.08. The summed E-state index contributed by atoms with van der Waals surface area (Å²) in [6.07, 6.45) is 0. The summed E-state index contributed by atoms with van der Waals surface area (Å²) < 4.78 is 4.99. The van der Waals surface area contributed by atoms with Crippen molar-refractivity contribution in [3.63, 3.8) is 0 Å². The fraction of sp³-hybridized carbons (Fsp3) is 0.500. The third kappa shape index (κ3) is 4.74. The maximum absolute atomic E-state index is 6.00. The minimum atomic E-state index is 0.733. The molecule has 0 aliphatic heterocycles. The van der Waals surface area contributed by atoms with Gasteiger partial charge in [-0.2, -0.15) is 0 Å². The van der Waals surface area contributed by atoms with Gasteiger partial charge in [-0.3, -0.25) is 0 Å². The molecule has 0 aliphatic carbocycles. The van der Waals surface area contributed by atoms with E-state index in [2.05, 4.69) is 18.3 Å². The van der Waals surface area contributed by atoms with Crippen molar-refractivity contribution in [2.45, 2.75) is 18.4 Å². The van der Waals surface area contributed by atoms with Crippen LogP contribution in [0.25, 0.3) is 0 Å². The SMILES string of the molecule is CCSc1ccc(Cl)cc1CNCCOC. The molecule has 0 aliphatic rings. The van der Waals surface area contributed by atoms with E-state index in [9.17, 15) is 0 Å². The largest absolute Gasteiger partial charge is 0.383 e. The average molecular weight is 260 g/mol. The monoisotopic (exact) mass is 259 g/mol. The van der Waals surface area contributed by atoms with E-state index >= 15 is 0 Å². The first-order chi connectivity index (χ1) is 7.77. The predicted molar refractivity (Wildman–Crippen MR) is 71.4 cm³/mol. The number of benzene rings is 1. The van der Waals surface area contributed by atoms with Gasteiger partial charge in [-0.1, -0.05) is 18.5 Å². The summed E-state index contributed by atoms with van der Waals surface area (Å²) in [5, 5.41) is 4.13. The molecule has 90 valence electrons. The number of rotatable bonds is 7. The van der Waals surface area contributed by atoms with Crippen LogP contribution in [0.5, 0.6) is 0 Å². The molecule has 1 N–H and O–H groups in total. The number of hydrogen-bond acceptors (Lipinski definition) is 3. The van der Waals surface area contributed by atoms with Gasteiger partial charge in [0.2, 0.25) is 0 Å². The standard InChI is InChI=1S/C12H18ClNOS/c1-3-16-12-5-4-11(13)8-10(12)9-14-6-7-15-2/h4-5,8,14H,3,6-7,9H2,1-2H3. The maximum Gasteiger partial charge on any atom is 0.0587 e. The first-order valence-corrected chi connectivity index (χ1v) is 6.75. The Labute approximate surface area is 107 Å². The van der Waals surface area contributed by atoms with Gasteiger partial charge < -0.3 is 10.1 Å². The zero-order valence-electron chi connectivity index (χ0n) is 9.75. The Hall–Kier alpha value is -0.220. The molecule has 1 aromatic rings. The lowest BCUT2D eigenvalue weighted by molar-refractivity contribution is 0.199. The minimum Gasteiger partial charge on any atom is -0.383 e. The summed E-state index contributed by atoms with van der Waals surface area (Å²) in [6.45, 7) is 4.59. The highest BCUT2D eigenvalue weighted by molar-refractivity contribution is 7.99. The van der Waals surface area contributed by atoms with E-state index in [1.54, 1.807) is 7.11 Å². The Morgan fingerprint density at radius 2 is 2.25 bits per heavy atom. The molecule has 0 bridgehead atoms. The Morgan fingerprint density at radius 3 is 2.94 bits per heavy atom. The van der Waals surface area contributed by atoms with E-state index < -0.39 is 0 Å². The van der Waals surface area contributed by atoms with Crippen molar-refractivity contribution >= 4 is 23.4 Å². The molecular weight excluding hydrogens is 242 g/mol. The fourth-order valence-corrected chi connectivity index (χ4v) is 2.37. The van der Waals surface area contributed by atoms with Gasteiger partial charge in [0, 0.05) is 30.1 Å². The van der Waals surface area contributed by atoms with Crippen molar-refractivity contribution in [3.8, 4) is 0 Å². The van der Waals surface area contributed by atoms with Crippen LogP contribution in [0.3, 0.4) is 0 Å². The smallest absolute Gasteiger partial charge is 0.0587 e.